The summed E-state index contributed by atoms with van der Waals surface area (Å²) in [6, 6.07) is 16.4. The molecule has 0 aliphatic rings. The fourth-order valence-corrected chi connectivity index (χ4v) is 3.37. The van der Waals surface area contributed by atoms with E-state index in [9.17, 15) is 9.59 Å². The monoisotopic (exact) mass is 417 g/mol. The van der Waals surface area contributed by atoms with Gasteiger partial charge < -0.3 is 19.0 Å². The van der Waals surface area contributed by atoms with Gasteiger partial charge >= 0.3 is 5.63 Å². The summed E-state index contributed by atoms with van der Waals surface area (Å²) >= 11 is 0. The zero-order chi connectivity index (χ0) is 21.6. The number of hydrogen-bond donors (Lipinski definition) is 1. The van der Waals surface area contributed by atoms with Crippen LogP contribution in [0, 0.1) is 0 Å². The molecule has 0 spiro atoms. The van der Waals surface area contributed by atoms with E-state index in [1.54, 1.807) is 31.6 Å². The van der Waals surface area contributed by atoms with E-state index in [0.29, 0.717) is 17.9 Å². The molecular formula is C24H23N3O4. The van der Waals surface area contributed by atoms with E-state index in [2.05, 4.69) is 10.3 Å². The Hall–Kier alpha value is -3.87. The van der Waals surface area contributed by atoms with E-state index in [1.165, 1.54) is 6.07 Å². The second-order valence-electron chi connectivity index (χ2n) is 7.21. The lowest BCUT2D eigenvalue weighted by Gasteiger charge is -2.15. The summed E-state index contributed by atoms with van der Waals surface area (Å²) in [6.45, 7) is 3.01. The van der Waals surface area contributed by atoms with Crippen molar-refractivity contribution in [3.05, 3.63) is 83.7 Å². The van der Waals surface area contributed by atoms with Crippen LogP contribution in [0.15, 0.2) is 82.5 Å². The topological polar surface area (TPSA) is 86.4 Å². The predicted molar refractivity (Wildman–Crippen MR) is 118 cm³/mol. The Morgan fingerprint density at radius 1 is 1.19 bits per heavy atom. The summed E-state index contributed by atoms with van der Waals surface area (Å²) in [4.78, 5) is 28.4. The van der Waals surface area contributed by atoms with Gasteiger partial charge in [-0.2, -0.15) is 0 Å². The number of ether oxygens (including phenoxy) is 1. The number of nitrogens with zero attached hydrogens (tertiary/aromatic N) is 2. The van der Waals surface area contributed by atoms with E-state index < -0.39 is 11.7 Å². The van der Waals surface area contributed by atoms with Crippen molar-refractivity contribution in [2.24, 2.45) is 0 Å². The average Bonchev–Trinajstić information content (AvgIpc) is 3.30. The van der Waals surface area contributed by atoms with Gasteiger partial charge in [0.25, 0.3) is 5.91 Å². The predicted octanol–water partition coefficient (Wildman–Crippen LogP) is 3.63. The first kappa shape index (κ1) is 20.4. The molecule has 0 bridgehead atoms. The van der Waals surface area contributed by atoms with Crippen molar-refractivity contribution < 1.29 is 13.9 Å². The SMILES string of the molecule is C[C@H](Oc1ccc2c(-c3ccccc3)cc(=O)oc2c1)C(=O)NCCCn1ccnc1. The fourth-order valence-electron chi connectivity index (χ4n) is 3.37. The number of benzene rings is 2. The second-order valence-corrected chi connectivity index (χ2v) is 7.21. The number of amides is 1. The van der Waals surface area contributed by atoms with Crippen molar-refractivity contribution >= 4 is 16.9 Å². The third-order valence-electron chi connectivity index (χ3n) is 4.93. The summed E-state index contributed by atoms with van der Waals surface area (Å²) < 4.78 is 13.1. The highest BCUT2D eigenvalue weighted by Crippen LogP contribution is 2.29. The lowest BCUT2D eigenvalue weighted by molar-refractivity contribution is -0.127. The Morgan fingerprint density at radius 2 is 2.03 bits per heavy atom. The maximum absolute atomic E-state index is 12.3. The first-order valence-electron chi connectivity index (χ1n) is 10.1. The molecule has 1 N–H and O–H groups in total. The first-order valence-corrected chi connectivity index (χ1v) is 10.1. The number of imidazole rings is 1. The van der Waals surface area contributed by atoms with Crippen LogP contribution in [0.25, 0.3) is 22.1 Å². The van der Waals surface area contributed by atoms with Crippen LogP contribution in [-0.2, 0) is 11.3 Å². The highest BCUT2D eigenvalue weighted by Gasteiger charge is 2.15. The van der Waals surface area contributed by atoms with Crippen LogP contribution in [0.3, 0.4) is 0 Å². The maximum Gasteiger partial charge on any atom is 0.336 e. The van der Waals surface area contributed by atoms with Crippen molar-refractivity contribution in [3.63, 3.8) is 0 Å². The number of carbonyl (C=O) groups excluding carboxylic acids is 1. The molecule has 0 aliphatic heterocycles. The van der Waals surface area contributed by atoms with Gasteiger partial charge in [-0.25, -0.2) is 9.78 Å². The third-order valence-corrected chi connectivity index (χ3v) is 4.93. The summed E-state index contributed by atoms with van der Waals surface area (Å²) in [7, 11) is 0. The molecular weight excluding hydrogens is 394 g/mol. The number of carbonyl (C=O) groups is 1. The van der Waals surface area contributed by atoms with Gasteiger partial charge in [0, 0.05) is 43.0 Å². The van der Waals surface area contributed by atoms with Gasteiger partial charge in [0.2, 0.25) is 0 Å². The molecule has 2 aromatic carbocycles. The quantitative estimate of drug-likeness (QED) is 0.349. The zero-order valence-corrected chi connectivity index (χ0v) is 17.2. The van der Waals surface area contributed by atoms with Crippen molar-refractivity contribution in [1.29, 1.82) is 0 Å². The van der Waals surface area contributed by atoms with Gasteiger partial charge in [0.05, 0.1) is 6.33 Å². The van der Waals surface area contributed by atoms with Crippen LogP contribution in [0.1, 0.15) is 13.3 Å². The Labute approximate surface area is 179 Å². The third kappa shape index (κ3) is 5.01. The van der Waals surface area contributed by atoms with Gasteiger partial charge in [-0.3, -0.25) is 4.79 Å². The van der Waals surface area contributed by atoms with Crippen LogP contribution < -0.4 is 15.7 Å². The normalized spacial score (nSPS) is 11.9. The molecule has 0 radical (unpaired) electrons. The number of hydrogen-bond acceptors (Lipinski definition) is 5. The van der Waals surface area contributed by atoms with Crippen molar-refractivity contribution in [2.75, 3.05) is 6.54 Å². The molecule has 0 fully saturated rings. The standard InChI is InChI=1S/C24H23N3O4/c1-17(24(29)26-10-5-12-27-13-11-25-16-27)30-19-8-9-20-21(18-6-3-2-4-7-18)15-23(28)31-22(20)14-19/h2-4,6-9,11,13-17H,5,10,12H2,1H3,(H,26,29)/t17-/m0/s1. The van der Waals surface area contributed by atoms with Gasteiger partial charge in [0.1, 0.15) is 11.3 Å². The largest absolute Gasteiger partial charge is 0.481 e. The van der Waals surface area contributed by atoms with E-state index in [0.717, 1.165) is 29.5 Å². The molecule has 4 rings (SSSR count). The number of aryl methyl sites for hydroxylation is 1. The Morgan fingerprint density at radius 3 is 2.81 bits per heavy atom. The zero-order valence-electron chi connectivity index (χ0n) is 17.2. The highest BCUT2D eigenvalue weighted by atomic mass is 16.5. The van der Waals surface area contributed by atoms with Gasteiger partial charge in [0.15, 0.2) is 6.10 Å². The molecule has 4 aromatic rings. The Balaban J connectivity index is 1.42. The first-order chi connectivity index (χ1) is 15.1. The maximum atomic E-state index is 12.3. The minimum atomic E-state index is -0.685. The average molecular weight is 417 g/mol. The molecule has 7 heteroatoms. The molecule has 0 saturated carbocycles. The summed E-state index contributed by atoms with van der Waals surface area (Å²) in [5, 5.41) is 3.67. The fraction of sp³-hybridized carbons (Fsp3) is 0.208. The lowest BCUT2D eigenvalue weighted by atomic mass is 10.0. The van der Waals surface area contributed by atoms with E-state index >= 15 is 0 Å². The van der Waals surface area contributed by atoms with E-state index in [1.807, 2.05) is 47.2 Å². The second kappa shape index (κ2) is 9.30. The van der Waals surface area contributed by atoms with Gasteiger partial charge in [-0.1, -0.05) is 30.3 Å². The number of fused-ring (bicyclic) bond motifs is 1. The molecule has 0 unspecified atom stereocenters. The number of rotatable bonds is 8. The molecule has 0 aliphatic carbocycles. The number of aromatic nitrogens is 2. The van der Waals surface area contributed by atoms with E-state index in [-0.39, 0.29) is 5.91 Å². The molecule has 2 aromatic heterocycles. The molecule has 7 nitrogen and oxygen atoms in total. The van der Waals surface area contributed by atoms with Crippen LogP contribution in [-0.4, -0.2) is 28.1 Å². The molecule has 1 atom stereocenters. The van der Waals surface area contributed by atoms with Crippen molar-refractivity contribution in [1.82, 2.24) is 14.9 Å². The smallest absolute Gasteiger partial charge is 0.336 e. The molecule has 31 heavy (non-hydrogen) atoms. The molecule has 2 heterocycles. The van der Waals surface area contributed by atoms with Crippen LogP contribution in [0.4, 0.5) is 0 Å². The number of nitrogens with one attached hydrogen (secondary N) is 1. The molecule has 0 saturated heterocycles. The summed E-state index contributed by atoms with van der Waals surface area (Å²) in [5.74, 6) is 0.257. The summed E-state index contributed by atoms with van der Waals surface area (Å²) in [5.41, 5.74) is 1.70. The van der Waals surface area contributed by atoms with Crippen LogP contribution in [0.5, 0.6) is 5.75 Å². The molecule has 1 amide bonds. The van der Waals surface area contributed by atoms with Crippen LogP contribution >= 0.6 is 0 Å². The minimum Gasteiger partial charge on any atom is -0.481 e. The van der Waals surface area contributed by atoms with Crippen molar-refractivity contribution in [2.45, 2.75) is 26.0 Å². The lowest BCUT2D eigenvalue weighted by Crippen LogP contribution is -2.37. The summed E-state index contributed by atoms with van der Waals surface area (Å²) in [6.07, 6.45) is 5.46. The minimum absolute atomic E-state index is 0.204. The Kier molecular flexibility index (Phi) is 6.12. The van der Waals surface area contributed by atoms with E-state index in [4.69, 9.17) is 9.15 Å². The molecule has 158 valence electrons. The van der Waals surface area contributed by atoms with Crippen molar-refractivity contribution in [3.8, 4) is 16.9 Å². The Bertz CT molecular complexity index is 1220. The van der Waals surface area contributed by atoms with Gasteiger partial charge in [-0.05, 0) is 36.6 Å². The van der Waals surface area contributed by atoms with Crippen LogP contribution in [0.2, 0.25) is 0 Å². The highest BCUT2D eigenvalue weighted by molar-refractivity contribution is 5.93. The van der Waals surface area contributed by atoms with Gasteiger partial charge in [-0.15, -0.1) is 0 Å².